The van der Waals surface area contributed by atoms with Crippen molar-refractivity contribution in [3.05, 3.63) is 12.2 Å². The highest BCUT2D eigenvalue weighted by molar-refractivity contribution is 5.79. The average molecular weight is 210 g/mol. The van der Waals surface area contributed by atoms with E-state index in [2.05, 4.69) is 32.6 Å². The third kappa shape index (κ3) is 3.57. The maximum Gasteiger partial charge on any atom is 0.191 e. The molecule has 2 N–H and O–H groups in total. The molecule has 1 heterocycles. The van der Waals surface area contributed by atoms with Gasteiger partial charge < -0.3 is 10.6 Å². The van der Waals surface area contributed by atoms with Crippen molar-refractivity contribution in [1.29, 1.82) is 0 Å². The molecule has 6 heteroatoms. The molecule has 0 spiro atoms. The van der Waals surface area contributed by atoms with E-state index in [0.717, 1.165) is 24.7 Å². The van der Waals surface area contributed by atoms with Gasteiger partial charge in [0, 0.05) is 20.6 Å². The normalized spacial score (nSPS) is 11.5. The highest BCUT2D eigenvalue weighted by atomic mass is 15.3. The third-order valence-corrected chi connectivity index (χ3v) is 1.99. The SMILES string of the molecule is CCCNC(=NC)NCc1ncnn1C. The quantitative estimate of drug-likeness (QED) is 0.537. The van der Waals surface area contributed by atoms with Gasteiger partial charge in [0.2, 0.25) is 0 Å². The Bertz CT molecular complexity index is 316. The van der Waals surface area contributed by atoms with Crippen molar-refractivity contribution in [3.63, 3.8) is 0 Å². The van der Waals surface area contributed by atoms with Crippen molar-refractivity contribution < 1.29 is 0 Å². The van der Waals surface area contributed by atoms with Gasteiger partial charge in [-0.3, -0.25) is 9.67 Å². The smallest absolute Gasteiger partial charge is 0.191 e. The Labute approximate surface area is 89.8 Å². The molecule has 1 aromatic rings. The minimum atomic E-state index is 0.625. The highest BCUT2D eigenvalue weighted by Crippen LogP contribution is 1.88. The van der Waals surface area contributed by atoms with E-state index >= 15 is 0 Å². The Morgan fingerprint density at radius 2 is 2.33 bits per heavy atom. The average Bonchev–Trinajstić information content (AvgIpc) is 2.65. The van der Waals surface area contributed by atoms with Gasteiger partial charge in [-0.2, -0.15) is 5.10 Å². The summed E-state index contributed by atoms with van der Waals surface area (Å²) in [7, 11) is 3.62. The fraction of sp³-hybridized carbons (Fsp3) is 0.667. The van der Waals surface area contributed by atoms with Crippen molar-refractivity contribution in [3.8, 4) is 0 Å². The summed E-state index contributed by atoms with van der Waals surface area (Å²) < 4.78 is 1.74. The number of aryl methyl sites for hydroxylation is 1. The summed E-state index contributed by atoms with van der Waals surface area (Å²) in [6.45, 7) is 3.65. The monoisotopic (exact) mass is 210 g/mol. The molecule has 0 bridgehead atoms. The Morgan fingerprint density at radius 1 is 1.53 bits per heavy atom. The van der Waals surface area contributed by atoms with E-state index in [9.17, 15) is 0 Å². The number of rotatable bonds is 4. The lowest BCUT2D eigenvalue weighted by atomic mass is 10.5. The summed E-state index contributed by atoms with van der Waals surface area (Å²) in [6, 6.07) is 0. The van der Waals surface area contributed by atoms with E-state index in [1.165, 1.54) is 0 Å². The lowest BCUT2D eigenvalue weighted by molar-refractivity contribution is 0.671. The van der Waals surface area contributed by atoms with Gasteiger partial charge in [0.25, 0.3) is 0 Å². The second kappa shape index (κ2) is 6.00. The first-order chi connectivity index (χ1) is 7.27. The van der Waals surface area contributed by atoms with E-state index in [4.69, 9.17) is 0 Å². The summed E-state index contributed by atoms with van der Waals surface area (Å²) in [6.07, 6.45) is 2.61. The Balaban J connectivity index is 2.38. The highest BCUT2D eigenvalue weighted by Gasteiger charge is 2.01. The number of nitrogens with one attached hydrogen (secondary N) is 2. The second-order valence-electron chi connectivity index (χ2n) is 3.15. The van der Waals surface area contributed by atoms with Gasteiger partial charge in [-0.25, -0.2) is 4.98 Å². The first-order valence-electron chi connectivity index (χ1n) is 5.05. The number of aromatic nitrogens is 3. The Kier molecular flexibility index (Phi) is 4.59. The van der Waals surface area contributed by atoms with Crippen LogP contribution >= 0.6 is 0 Å². The summed E-state index contributed by atoms with van der Waals surface area (Å²) in [5.41, 5.74) is 0. The molecule has 0 saturated carbocycles. The Morgan fingerprint density at radius 3 is 2.87 bits per heavy atom. The molecule has 15 heavy (non-hydrogen) atoms. The standard InChI is InChI=1S/C9H18N6/c1-4-5-11-9(10-2)12-6-8-13-7-14-15(8)3/h7H,4-6H2,1-3H3,(H2,10,11,12). The van der Waals surface area contributed by atoms with Gasteiger partial charge in [0.15, 0.2) is 5.96 Å². The van der Waals surface area contributed by atoms with Crippen molar-refractivity contribution in [2.45, 2.75) is 19.9 Å². The number of hydrogen-bond acceptors (Lipinski definition) is 3. The van der Waals surface area contributed by atoms with Gasteiger partial charge >= 0.3 is 0 Å². The fourth-order valence-corrected chi connectivity index (χ4v) is 1.11. The van der Waals surface area contributed by atoms with E-state index in [1.54, 1.807) is 18.1 Å². The van der Waals surface area contributed by atoms with Gasteiger partial charge in [-0.05, 0) is 6.42 Å². The van der Waals surface area contributed by atoms with Crippen LogP contribution in [0.4, 0.5) is 0 Å². The lowest BCUT2D eigenvalue weighted by Gasteiger charge is -2.10. The molecular weight excluding hydrogens is 192 g/mol. The van der Waals surface area contributed by atoms with Crippen molar-refractivity contribution in [2.75, 3.05) is 13.6 Å². The zero-order valence-corrected chi connectivity index (χ0v) is 9.49. The van der Waals surface area contributed by atoms with Gasteiger partial charge in [0.1, 0.15) is 12.2 Å². The molecule has 0 fully saturated rings. The van der Waals surface area contributed by atoms with Gasteiger partial charge in [-0.1, -0.05) is 6.92 Å². The maximum absolute atomic E-state index is 4.11. The number of nitrogens with zero attached hydrogens (tertiary/aromatic N) is 4. The van der Waals surface area contributed by atoms with Crippen LogP contribution in [0.3, 0.4) is 0 Å². The predicted octanol–water partition coefficient (Wildman–Crippen LogP) is -0.110. The molecule has 1 rings (SSSR count). The largest absolute Gasteiger partial charge is 0.356 e. The molecule has 0 aromatic carbocycles. The first-order valence-corrected chi connectivity index (χ1v) is 5.05. The summed E-state index contributed by atoms with van der Waals surface area (Å²) in [5.74, 6) is 1.68. The second-order valence-corrected chi connectivity index (χ2v) is 3.15. The van der Waals surface area contributed by atoms with E-state index in [-0.39, 0.29) is 0 Å². The van der Waals surface area contributed by atoms with Crippen LogP contribution in [0, 0.1) is 0 Å². The summed E-state index contributed by atoms with van der Waals surface area (Å²) in [5, 5.41) is 10.3. The molecule has 1 aromatic heterocycles. The number of hydrogen-bond donors (Lipinski definition) is 2. The summed E-state index contributed by atoms with van der Waals surface area (Å²) in [4.78, 5) is 8.20. The van der Waals surface area contributed by atoms with E-state index in [0.29, 0.717) is 6.54 Å². The van der Waals surface area contributed by atoms with Crippen LogP contribution in [0.1, 0.15) is 19.2 Å². The Hall–Kier alpha value is -1.59. The number of aliphatic imine (C=N–C) groups is 1. The van der Waals surface area contributed by atoms with Crippen LogP contribution in [0.5, 0.6) is 0 Å². The predicted molar refractivity (Wildman–Crippen MR) is 59.5 cm³/mol. The molecule has 0 atom stereocenters. The van der Waals surface area contributed by atoms with Gasteiger partial charge in [-0.15, -0.1) is 0 Å². The topological polar surface area (TPSA) is 67.1 Å². The zero-order chi connectivity index (χ0) is 11.1. The van der Waals surface area contributed by atoms with E-state index in [1.807, 2.05) is 7.05 Å². The van der Waals surface area contributed by atoms with Crippen LogP contribution in [0.2, 0.25) is 0 Å². The molecule has 6 nitrogen and oxygen atoms in total. The molecule has 84 valence electrons. The van der Waals surface area contributed by atoms with E-state index < -0.39 is 0 Å². The van der Waals surface area contributed by atoms with Crippen LogP contribution in [0.25, 0.3) is 0 Å². The molecule has 0 saturated heterocycles. The first kappa shape index (κ1) is 11.5. The lowest BCUT2D eigenvalue weighted by Crippen LogP contribution is -2.37. The molecule has 0 unspecified atom stereocenters. The van der Waals surface area contributed by atoms with Crippen LogP contribution in [-0.2, 0) is 13.6 Å². The van der Waals surface area contributed by atoms with Crippen molar-refractivity contribution >= 4 is 5.96 Å². The molecule has 0 amide bonds. The minimum absolute atomic E-state index is 0.625. The van der Waals surface area contributed by atoms with Crippen LogP contribution < -0.4 is 10.6 Å². The maximum atomic E-state index is 4.11. The zero-order valence-electron chi connectivity index (χ0n) is 9.49. The van der Waals surface area contributed by atoms with Crippen LogP contribution in [0.15, 0.2) is 11.3 Å². The summed E-state index contributed by atoms with van der Waals surface area (Å²) >= 11 is 0. The molecule has 0 aliphatic heterocycles. The van der Waals surface area contributed by atoms with Crippen molar-refractivity contribution in [2.24, 2.45) is 12.0 Å². The minimum Gasteiger partial charge on any atom is -0.356 e. The van der Waals surface area contributed by atoms with Gasteiger partial charge in [0.05, 0.1) is 6.54 Å². The molecule has 0 aliphatic carbocycles. The van der Waals surface area contributed by atoms with Crippen molar-refractivity contribution in [1.82, 2.24) is 25.4 Å². The number of guanidine groups is 1. The third-order valence-electron chi connectivity index (χ3n) is 1.99. The molecular formula is C9H18N6. The molecule has 0 aliphatic rings. The molecule has 0 radical (unpaired) electrons. The van der Waals surface area contributed by atoms with Crippen LogP contribution in [-0.4, -0.2) is 34.3 Å². The fourth-order valence-electron chi connectivity index (χ4n) is 1.11.